The average Bonchev–Trinajstić information content (AvgIpc) is 2.88. The lowest BCUT2D eigenvalue weighted by atomic mass is 9.75. The van der Waals surface area contributed by atoms with Gasteiger partial charge in [-0.3, -0.25) is 9.59 Å². The second kappa shape index (κ2) is 11.0. The van der Waals surface area contributed by atoms with E-state index in [-0.39, 0.29) is 23.7 Å². The molecule has 1 aromatic rings. The number of nitrogens with zero attached hydrogens (tertiary/aromatic N) is 2. The third kappa shape index (κ3) is 5.96. The van der Waals surface area contributed by atoms with Gasteiger partial charge in [0, 0.05) is 25.0 Å². The zero-order chi connectivity index (χ0) is 25.0. The summed E-state index contributed by atoms with van der Waals surface area (Å²) in [7, 11) is 0. The maximum atomic E-state index is 13.2. The Morgan fingerprint density at radius 3 is 2.57 bits per heavy atom. The first-order chi connectivity index (χ1) is 16.8. The van der Waals surface area contributed by atoms with E-state index in [2.05, 4.69) is 16.7 Å². The van der Waals surface area contributed by atoms with Crippen molar-refractivity contribution in [2.75, 3.05) is 25.0 Å². The van der Waals surface area contributed by atoms with Crippen LogP contribution in [0.25, 0.3) is 0 Å². The fraction of sp³-hybridized carbons (Fsp3) is 0.704. The van der Waals surface area contributed by atoms with Crippen LogP contribution in [-0.2, 0) is 20.8 Å². The zero-order valence-electron chi connectivity index (χ0n) is 21.1. The summed E-state index contributed by atoms with van der Waals surface area (Å²) in [5, 5.41) is 15.9. The van der Waals surface area contributed by atoms with Crippen molar-refractivity contribution < 1.29 is 19.5 Å². The first-order valence-electron chi connectivity index (χ1n) is 13.3. The molecule has 0 spiro atoms. The number of pyridine rings is 1. The first kappa shape index (κ1) is 25.5. The van der Waals surface area contributed by atoms with Crippen LogP contribution in [0.5, 0.6) is 0 Å². The van der Waals surface area contributed by atoms with E-state index in [1.807, 2.05) is 24.8 Å². The van der Waals surface area contributed by atoms with E-state index in [4.69, 9.17) is 4.98 Å². The molecule has 2 amide bonds. The lowest BCUT2D eigenvalue weighted by molar-refractivity contribution is -0.145. The molecule has 4 rings (SSSR count). The summed E-state index contributed by atoms with van der Waals surface area (Å²) in [4.78, 5) is 44.6. The van der Waals surface area contributed by atoms with Crippen LogP contribution >= 0.6 is 0 Å². The van der Waals surface area contributed by atoms with Gasteiger partial charge in [0.25, 0.3) is 0 Å². The molecule has 2 unspecified atom stereocenters. The number of anilines is 1. The highest BCUT2D eigenvalue weighted by atomic mass is 16.4. The number of likely N-dealkylation sites (tertiary alicyclic amines) is 1. The van der Waals surface area contributed by atoms with Crippen molar-refractivity contribution in [3.8, 4) is 0 Å². The highest BCUT2D eigenvalue weighted by Gasteiger charge is 2.37. The molecule has 0 bridgehead atoms. The Hall–Kier alpha value is -2.64. The number of aryl methyl sites for hydroxylation is 1. The van der Waals surface area contributed by atoms with Gasteiger partial charge in [0.1, 0.15) is 11.9 Å². The Bertz CT molecular complexity index is 935. The minimum Gasteiger partial charge on any atom is -0.480 e. The number of fused-ring (bicyclic) bond motifs is 1. The quantitative estimate of drug-likeness (QED) is 0.544. The molecular formula is C27H40N4O4. The maximum absolute atomic E-state index is 13.2. The molecule has 3 heterocycles. The predicted octanol–water partition coefficient (Wildman–Crippen LogP) is 3.71. The van der Waals surface area contributed by atoms with Gasteiger partial charge in [-0.1, -0.05) is 32.3 Å². The van der Waals surface area contributed by atoms with E-state index in [1.54, 1.807) is 0 Å². The van der Waals surface area contributed by atoms with Crippen molar-refractivity contribution in [3.05, 3.63) is 23.4 Å². The lowest BCUT2D eigenvalue weighted by Crippen LogP contribution is -2.49. The topological polar surface area (TPSA) is 112 Å². The standard InChI is InChI=1S/C27H40N4O4/c1-18(21-9-8-20-7-6-14-28-23(20)29-21)24(32)31-15-10-19(11-16-31)17-22(25(33)34)30-26(35)27(2)12-4-3-5-13-27/h8-9,18-19,22H,3-7,10-17H2,1-2H3,(H,28,29)(H,30,35)(H,33,34). The Balaban J connectivity index is 1.29. The van der Waals surface area contributed by atoms with Gasteiger partial charge >= 0.3 is 5.97 Å². The van der Waals surface area contributed by atoms with Crippen LogP contribution < -0.4 is 10.6 Å². The summed E-state index contributed by atoms with van der Waals surface area (Å²) >= 11 is 0. The van der Waals surface area contributed by atoms with Crippen molar-refractivity contribution in [3.63, 3.8) is 0 Å². The number of rotatable bonds is 7. The van der Waals surface area contributed by atoms with Crippen LogP contribution in [0.2, 0.25) is 0 Å². The molecule has 192 valence electrons. The number of aromatic nitrogens is 1. The zero-order valence-corrected chi connectivity index (χ0v) is 21.1. The number of hydrogen-bond donors (Lipinski definition) is 3. The van der Waals surface area contributed by atoms with E-state index in [1.165, 1.54) is 5.56 Å². The molecular weight excluding hydrogens is 444 g/mol. The average molecular weight is 485 g/mol. The number of aliphatic carboxylic acids is 1. The number of carbonyl (C=O) groups excluding carboxylic acids is 2. The van der Waals surface area contributed by atoms with Crippen molar-refractivity contribution in [1.29, 1.82) is 0 Å². The van der Waals surface area contributed by atoms with Gasteiger partial charge in [0.15, 0.2) is 0 Å². The lowest BCUT2D eigenvalue weighted by Gasteiger charge is -2.36. The highest BCUT2D eigenvalue weighted by molar-refractivity contribution is 5.87. The van der Waals surface area contributed by atoms with Gasteiger partial charge in [-0.25, -0.2) is 9.78 Å². The van der Waals surface area contributed by atoms with Crippen molar-refractivity contribution in [2.45, 2.75) is 90.0 Å². The number of carbonyl (C=O) groups is 3. The highest BCUT2D eigenvalue weighted by Crippen LogP contribution is 2.36. The van der Waals surface area contributed by atoms with Crippen LogP contribution in [0.4, 0.5) is 5.82 Å². The maximum Gasteiger partial charge on any atom is 0.326 e. The molecule has 2 atom stereocenters. The molecule has 35 heavy (non-hydrogen) atoms. The summed E-state index contributed by atoms with van der Waals surface area (Å²) in [5.74, 6) is -0.283. The number of piperidine rings is 1. The molecule has 0 aromatic carbocycles. The van der Waals surface area contributed by atoms with E-state index in [0.717, 1.165) is 75.8 Å². The molecule has 1 aromatic heterocycles. The largest absolute Gasteiger partial charge is 0.480 e. The molecule has 1 saturated carbocycles. The Morgan fingerprint density at radius 1 is 1.17 bits per heavy atom. The summed E-state index contributed by atoms with van der Waals surface area (Å²) in [6.45, 7) is 5.99. The second-order valence-electron chi connectivity index (χ2n) is 11.0. The van der Waals surface area contributed by atoms with E-state index in [9.17, 15) is 19.5 Å². The minimum atomic E-state index is -0.975. The van der Waals surface area contributed by atoms with Gasteiger partial charge in [-0.15, -0.1) is 0 Å². The molecule has 0 radical (unpaired) electrons. The number of carboxylic acids is 1. The normalized spacial score (nSPS) is 21.8. The van der Waals surface area contributed by atoms with Crippen molar-refractivity contribution in [1.82, 2.24) is 15.2 Å². The smallest absolute Gasteiger partial charge is 0.326 e. The molecule has 2 aliphatic heterocycles. The monoisotopic (exact) mass is 484 g/mol. The molecule has 3 N–H and O–H groups in total. The minimum absolute atomic E-state index is 0.0695. The number of nitrogens with one attached hydrogen (secondary N) is 2. The fourth-order valence-electron chi connectivity index (χ4n) is 5.82. The van der Waals surface area contributed by atoms with Crippen LogP contribution in [0, 0.1) is 11.3 Å². The Morgan fingerprint density at radius 2 is 1.89 bits per heavy atom. The van der Waals surface area contributed by atoms with Crippen molar-refractivity contribution in [2.24, 2.45) is 11.3 Å². The Labute approximate surface area is 208 Å². The number of amides is 2. The molecule has 2 fully saturated rings. The van der Waals surface area contributed by atoms with Gasteiger partial charge in [0.05, 0.1) is 11.6 Å². The third-order valence-electron chi connectivity index (χ3n) is 8.33. The van der Waals surface area contributed by atoms with E-state index >= 15 is 0 Å². The molecule has 1 aliphatic carbocycles. The van der Waals surface area contributed by atoms with Crippen LogP contribution in [0.15, 0.2) is 12.1 Å². The summed E-state index contributed by atoms with van der Waals surface area (Å²) in [6.07, 6.45) is 8.83. The molecule has 3 aliphatic rings. The van der Waals surface area contributed by atoms with E-state index in [0.29, 0.717) is 19.5 Å². The molecule has 8 heteroatoms. The van der Waals surface area contributed by atoms with Gasteiger partial charge in [-0.05, 0) is 69.4 Å². The second-order valence-corrected chi connectivity index (χ2v) is 11.0. The van der Waals surface area contributed by atoms with Crippen LogP contribution in [-0.4, -0.2) is 58.5 Å². The summed E-state index contributed by atoms with van der Waals surface area (Å²) in [5.41, 5.74) is 1.53. The van der Waals surface area contributed by atoms with Gasteiger partial charge in [0.2, 0.25) is 11.8 Å². The van der Waals surface area contributed by atoms with Gasteiger partial charge < -0.3 is 20.6 Å². The van der Waals surface area contributed by atoms with Crippen LogP contribution in [0.3, 0.4) is 0 Å². The SMILES string of the molecule is CC(C(=O)N1CCC(CC(NC(=O)C2(C)CCCCC2)C(=O)O)CC1)c1ccc2c(n1)NCCC2. The van der Waals surface area contributed by atoms with E-state index < -0.39 is 17.4 Å². The molecule has 1 saturated heterocycles. The summed E-state index contributed by atoms with van der Waals surface area (Å²) < 4.78 is 0. The fourth-order valence-corrected chi connectivity index (χ4v) is 5.82. The first-order valence-corrected chi connectivity index (χ1v) is 13.3. The predicted molar refractivity (Wildman–Crippen MR) is 134 cm³/mol. The summed E-state index contributed by atoms with van der Waals surface area (Å²) in [6, 6.07) is 3.17. The number of hydrogen-bond acceptors (Lipinski definition) is 5. The number of carboxylic acid groups (broad SMARTS) is 1. The van der Waals surface area contributed by atoms with Crippen molar-refractivity contribution >= 4 is 23.6 Å². The Kier molecular flexibility index (Phi) is 7.97. The van der Waals surface area contributed by atoms with Crippen LogP contribution in [0.1, 0.15) is 88.8 Å². The third-order valence-corrected chi connectivity index (χ3v) is 8.33. The van der Waals surface area contributed by atoms with Gasteiger partial charge in [-0.2, -0.15) is 0 Å². The molecule has 8 nitrogen and oxygen atoms in total.